The summed E-state index contributed by atoms with van der Waals surface area (Å²) in [6.45, 7) is 9.65. The van der Waals surface area contributed by atoms with Gasteiger partial charge < -0.3 is 42.8 Å². The maximum atomic E-state index is 13.7. The number of carbonyl (C=O) groups excluding carboxylic acids is 4. The number of anilines is 4. The number of nitrogens with one attached hydrogen (secondary N) is 4. The van der Waals surface area contributed by atoms with Gasteiger partial charge in [-0.15, -0.1) is 0 Å². The zero-order chi connectivity index (χ0) is 41.0. The number of fused-ring (bicyclic) bond motifs is 2. The Hall–Kier alpha value is -6.96. The van der Waals surface area contributed by atoms with Crippen molar-refractivity contribution in [3.8, 4) is 5.75 Å². The number of nitrogens with zero attached hydrogens (tertiary/aromatic N) is 8. The minimum absolute atomic E-state index is 0.145. The minimum atomic E-state index is -0.782. The summed E-state index contributed by atoms with van der Waals surface area (Å²) >= 11 is 0. The van der Waals surface area contributed by atoms with Gasteiger partial charge in [-0.05, 0) is 72.0 Å². The summed E-state index contributed by atoms with van der Waals surface area (Å²) < 4.78 is 11.0. The SMILES string of the molecule is CCn1nc(C)cc1C(=O)NC1Nc2cc(C(N)=O)cc(OCCCNC)c2N1C/C=C/Cn1c(NC(=O)c2c(N)c(C)nn2CC)nc2cc(C(N)=O)cnc21. The predicted molar refractivity (Wildman–Crippen MR) is 214 cm³/mol. The normalized spacial score (nSPS) is 13.6. The second-order valence-corrected chi connectivity index (χ2v) is 13.3. The Morgan fingerprint density at radius 3 is 2.39 bits per heavy atom. The first-order valence-electron chi connectivity index (χ1n) is 18.4. The van der Waals surface area contributed by atoms with Gasteiger partial charge in [0.15, 0.2) is 11.9 Å². The van der Waals surface area contributed by atoms with Crippen molar-refractivity contribution in [3.05, 3.63) is 76.5 Å². The molecule has 1 atom stereocenters. The summed E-state index contributed by atoms with van der Waals surface area (Å²) in [5.74, 6) is -1.65. The van der Waals surface area contributed by atoms with Gasteiger partial charge in [-0.1, -0.05) is 12.2 Å². The van der Waals surface area contributed by atoms with Crippen LogP contribution in [-0.2, 0) is 19.6 Å². The zero-order valence-electron chi connectivity index (χ0n) is 32.4. The molecule has 1 unspecified atom stereocenters. The number of benzene rings is 1. The lowest BCUT2D eigenvalue weighted by Gasteiger charge is -2.27. The molecule has 1 aliphatic heterocycles. The molecule has 20 nitrogen and oxygen atoms in total. The molecule has 0 saturated carbocycles. The second kappa shape index (κ2) is 16.8. The van der Waals surface area contributed by atoms with Crippen molar-refractivity contribution in [2.75, 3.05) is 48.0 Å². The molecule has 5 aromatic rings. The van der Waals surface area contributed by atoms with Gasteiger partial charge in [0.1, 0.15) is 28.3 Å². The fraction of sp³-hybridized carbons (Fsp3) is 0.351. The van der Waals surface area contributed by atoms with Crippen LogP contribution in [0.3, 0.4) is 0 Å². The number of allylic oxidation sites excluding steroid dienone is 1. The van der Waals surface area contributed by atoms with Crippen molar-refractivity contribution in [2.24, 2.45) is 11.5 Å². The van der Waals surface area contributed by atoms with Crippen LogP contribution in [-0.4, -0.2) is 90.8 Å². The highest BCUT2D eigenvalue weighted by Crippen LogP contribution is 2.43. The summed E-state index contributed by atoms with van der Waals surface area (Å²) in [5, 5.41) is 21.1. The van der Waals surface area contributed by atoms with Gasteiger partial charge in [0.2, 0.25) is 17.8 Å². The highest BCUT2D eigenvalue weighted by Gasteiger charge is 2.34. The molecule has 1 aliphatic rings. The smallest absolute Gasteiger partial charge is 0.278 e. The fourth-order valence-corrected chi connectivity index (χ4v) is 6.54. The molecule has 4 aromatic heterocycles. The summed E-state index contributed by atoms with van der Waals surface area (Å²) in [6, 6.07) is 6.43. The van der Waals surface area contributed by atoms with Crippen LogP contribution in [0, 0.1) is 13.8 Å². The summed E-state index contributed by atoms with van der Waals surface area (Å²) in [4.78, 5) is 62.6. The van der Waals surface area contributed by atoms with Crippen molar-refractivity contribution in [1.29, 1.82) is 0 Å². The molecule has 1 aromatic carbocycles. The highest BCUT2D eigenvalue weighted by atomic mass is 16.5. The average molecular weight is 782 g/mol. The van der Waals surface area contributed by atoms with Crippen LogP contribution in [0.5, 0.6) is 5.75 Å². The Morgan fingerprint density at radius 2 is 1.68 bits per heavy atom. The number of amides is 4. The van der Waals surface area contributed by atoms with E-state index in [-0.39, 0.29) is 47.5 Å². The molecule has 300 valence electrons. The van der Waals surface area contributed by atoms with Crippen LogP contribution in [0.15, 0.2) is 42.6 Å². The first-order chi connectivity index (χ1) is 27.3. The monoisotopic (exact) mass is 781 g/mol. The molecule has 0 saturated heterocycles. The third-order valence-electron chi connectivity index (χ3n) is 9.32. The van der Waals surface area contributed by atoms with Crippen LogP contribution in [0.25, 0.3) is 11.2 Å². The standard InChI is InChI=1S/C37H47N15O5/c1-6-51-26(15-20(3)47-51)34(55)45-36-43-24-16-22(31(39)53)18-27(57-14-10-11-41-5)29(24)49(36)12-8-9-13-50-33-25(17-23(19-42-33)32(40)54)44-37(50)46-35(56)30-28(38)21(4)48-52(30)7-2/h8-9,15-19,36,41,43H,6-7,10-14,38H2,1-5H3,(H2,39,53)(H2,40,54)(H,45,55)(H,44,46,56)/b9-8+. The van der Waals surface area contributed by atoms with Crippen molar-refractivity contribution < 1.29 is 23.9 Å². The van der Waals surface area contributed by atoms with Crippen molar-refractivity contribution in [1.82, 2.24) is 44.7 Å². The van der Waals surface area contributed by atoms with E-state index in [0.717, 1.165) is 0 Å². The number of aromatic nitrogens is 7. The molecule has 0 spiro atoms. The Balaban J connectivity index is 1.33. The molecule has 5 heterocycles. The van der Waals surface area contributed by atoms with Crippen LogP contribution in [0.4, 0.5) is 23.0 Å². The van der Waals surface area contributed by atoms with Crippen LogP contribution in [0.1, 0.15) is 73.3 Å². The largest absolute Gasteiger partial charge is 0.491 e. The molecule has 0 aliphatic carbocycles. The number of hydrogen-bond acceptors (Lipinski definition) is 13. The molecular weight excluding hydrogens is 735 g/mol. The maximum Gasteiger partial charge on any atom is 0.278 e. The van der Waals surface area contributed by atoms with E-state index in [2.05, 4.69) is 41.4 Å². The number of ether oxygens (including phenoxy) is 1. The lowest BCUT2D eigenvalue weighted by atomic mass is 10.1. The minimum Gasteiger partial charge on any atom is -0.491 e. The van der Waals surface area contributed by atoms with Gasteiger partial charge in [0.25, 0.3) is 11.8 Å². The number of rotatable bonds is 17. The number of nitrogens with two attached hydrogens (primary N) is 3. The van der Waals surface area contributed by atoms with Crippen molar-refractivity contribution in [3.63, 3.8) is 0 Å². The Morgan fingerprint density at radius 1 is 0.947 bits per heavy atom. The highest BCUT2D eigenvalue weighted by molar-refractivity contribution is 6.07. The fourth-order valence-electron chi connectivity index (χ4n) is 6.54. The Labute approximate surface area is 327 Å². The summed E-state index contributed by atoms with van der Waals surface area (Å²) in [7, 11) is 1.85. The first kappa shape index (κ1) is 39.7. The predicted octanol–water partition coefficient (Wildman–Crippen LogP) is 1.70. The van der Waals surface area contributed by atoms with Crippen LogP contribution in [0.2, 0.25) is 0 Å². The van der Waals surface area contributed by atoms with E-state index in [9.17, 15) is 19.2 Å². The van der Waals surface area contributed by atoms with Gasteiger partial charge >= 0.3 is 0 Å². The number of pyridine rings is 1. The van der Waals surface area contributed by atoms with Gasteiger partial charge in [-0.3, -0.25) is 38.4 Å². The molecular formula is C37H47N15O5. The topological polar surface area (TPSA) is 273 Å². The van der Waals surface area contributed by atoms with Crippen molar-refractivity contribution >= 4 is 57.8 Å². The lowest BCUT2D eigenvalue weighted by molar-refractivity contribution is 0.0928. The van der Waals surface area contributed by atoms with E-state index in [1.807, 2.05) is 44.9 Å². The zero-order valence-corrected chi connectivity index (χ0v) is 32.4. The van der Waals surface area contributed by atoms with E-state index in [1.54, 1.807) is 34.4 Å². The quantitative estimate of drug-likeness (QED) is 0.0524. The molecule has 4 amide bonds. The lowest BCUT2D eigenvalue weighted by Crippen LogP contribution is -2.50. The molecule has 0 radical (unpaired) electrons. The third-order valence-corrected chi connectivity index (χ3v) is 9.32. The number of imidazole rings is 1. The number of nitrogen functional groups attached to an aromatic ring is 1. The Bertz CT molecular complexity index is 2380. The van der Waals surface area contributed by atoms with Gasteiger partial charge in [-0.25, -0.2) is 9.97 Å². The Kier molecular flexibility index (Phi) is 11.7. The molecule has 57 heavy (non-hydrogen) atoms. The third kappa shape index (κ3) is 8.20. The molecule has 0 bridgehead atoms. The number of hydrogen-bond donors (Lipinski definition) is 7. The number of aryl methyl sites for hydroxylation is 4. The number of primary amides is 2. The molecule has 0 fully saturated rings. The van der Waals surface area contributed by atoms with Gasteiger partial charge in [0, 0.05) is 37.9 Å². The first-order valence-corrected chi connectivity index (χ1v) is 18.4. The van der Waals surface area contributed by atoms with E-state index >= 15 is 0 Å². The summed E-state index contributed by atoms with van der Waals surface area (Å²) in [6.07, 6.45) is 4.96. The number of carbonyl (C=O) groups is 4. The maximum absolute atomic E-state index is 13.7. The molecule has 6 rings (SSSR count). The van der Waals surface area contributed by atoms with Gasteiger partial charge in [-0.2, -0.15) is 10.2 Å². The van der Waals surface area contributed by atoms with Crippen LogP contribution < -0.4 is 48.1 Å². The van der Waals surface area contributed by atoms with Crippen molar-refractivity contribution in [2.45, 2.75) is 60.0 Å². The second-order valence-electron chi connectivity index (χ2n) is 13.3. The van der Waals surface area contributed by atoms with E-state index in [1.165, 1.54) is 16.9 Å². The van der Waals surface area contributed by atoms with Gasteiger partial charge in [0.05, 0.1) is 34.9 Å². The van der Waals surface area contributed by atoms with E-state index < -0.39 is 24.0 Å². The summed E-state index contributed by atoms with van der Waals surface area (Å²) in [5.41, 5.74) is 21.7. The molecule has 20 heteroatoms. The molecule has 10 N–H and O–H groups in total. The van der Waals surface area contributed by atoms with E-state index in [4.69, 9.17) is 21.9 Å². The van der Waals surface area contributed by atoms with E-state index in [0.29, 0.717) is 78.0 Å². The average Bonchev–Trinajstić information content (AvgIpc) is 3.92. The van der Waals surface area contributed by atoms with Crippen LogP contribution >= 0.6 is 0 Å².